The van der Waals surface area contributed by atoms with Crippen molar-refractivity contribution in [3.63, 3.8) is 0 Å². The molecule has 1 atom stereocenters. The van der Waals surface area contributed by atoms with Gasteiger partial charge in [-0.25, -0.2) is 0 Å². The first-order valence-electron chi connectivity index (χ1n) is 6.58. The molecule has 7 heteroatoms. The van der Waals surface area contributed by atoms with Crippen molar-refractivity contribution in [1.82, 2.24) is 15.0 Å². The minimum Gasteiger partial charge on any atom is -0.497 e. The van der Waals surface area contributed by atoms with Crippen LogP contribution in [0.4, 0.5) is 5.69 Å². The lowest BCUT2D eigenvalue weighted by atomic mass is 10.2. The molecule has 1 heterocycles. The summed E-state index contributed by atoms with van der Waals surface area (Å²) in [5, 5.41) is 29.1. The van der Waals surface area contributed by atoms with Crippen molar-refractivity contribution in [3.8, 4) is 11.8 Å². The number of hydrogen-bond donors (Lipinski definition) is 2. The lowest BCUT2D eigenvalue weighted by molar-refractivity contribution is 0.276. The average molecular weight is 287 g/mol. The van der Waals surface area contributed by atoms with E-state index in [0.29, 0.717) is 24.4 Å². The number of nitrogens with zero attached hydrogens (tertiary/aromatic N) is 4. The van der Waals surface area contributed by atoms with E-state index in [0.717, 1.165) is 5.69 Å². The first-order valence-corrected chi connectivity index (χ1v) is 6.58. The zero-order valence-electron chi connectivity index (χ0n) is 11.7. The van der Waals surface area contributed by atoms with Gasteiger partial charge in [-0.2, -0.15) is 5.26 Å². The minimum absolute atomic E-state index is 0.0962. The summed E-state index contributed by atoms with van der Waals surface area (Å²) >= 11 is 0. The van der Waals surface area contributed by atoms with Gasteiger partial charge in [0.2, 0.25) is 0 Å². The molecule has 2 N–H and O–H groups in total. The maximum atomic E-state index is 9.29. The number of nitriles is 1. The Balaban J connectivity index is 2.09. The highest BCUT2D eigenvalue weighted by molar-refractivity contribution is 5.50. The second-order valence-electron chi connectivity index (χ2n) is 4.42. The van der Waals surface area contributed by atoms with Crippen LogP contribution in [0.15, 0.2) is 30.5 Å². The lowest BCUT2D eigenvalue weighted by Crippen LogP contribution is -2.09. The van der Waals surface area contributed by atoms with E-state index in [1.807, 2.05) is 18.2 Å². The molecule has 2 aromatic rings. The van der Waals surface area contributed by atoms with E-state index in [1.54, 1.807) is 24.1 Å². The highest BCUT2D eigenvalue weighted by atomic mass is 16.5. The third kappa shape index (κ3) is 3.94. The number of aromatic nitrogens is 3. The molecule has 0 aliphatic rings. The Hall–Kier alpha value is -2.59. The van der Waals surface area contributed by atoms with Crippen molar-refractivity contribution in [1.29, 1.82) is 5.26 Å². The van der Waals surface area contributed by atoms with Crippen molar-refractivity contribution >= 4 is 5.69 Å². The molecule has 1 aromatic carbocycles. The second-order valence-corrected chi connectivity index (χ2v) is 4.42. The molecular weight excluding hydrogens is 270 g/mol. The average Bonchev–Trinajstić information content (AvgIpc) is 2.99. The molecular formula is C14H17N5O2. The smallest absolute Gasteiger partial charge is 0.160 e. The van der Waals surface area contributed by atoms with Gasteiger partial charge in [-0.3, -0.25) is 4.68 Å². The summed E-state index contributed by atoms with van der Waals surface area (Å²) in [5.41, 5.74) is 1.31. The molecule has 110 valence electrons. The van der Waals surface area contributed by atoms with Crippen LogP contribution in [0.3, 0.4) is 0 Å². The fourth-order valence-electron chi connectivity index (χ4n) is 1.84. The number of rotatable bonds is 7. The summed E-state index contributed by atoms with van der Waals surface area (Å²) in [6.07, 6.45) is 2.31. The van der Waals surface area contributed by atoms with Crippen molar-refractivity contribution in [2.75, 3.05) is 19.0 Å². The lowest BCUT2D eigenvalue weighted by Gasteiger charge is -2.11. The van der Waals surface area contributed by atoms with E-state index < -0.39 is 6.04 Å². The molecule has 7 nitrogen and oxygen atoms in total. The molecule has 1 aromatic heterocycles. The summed E-state index contributed by atoms with van der Waals surface area (Å²) in [7, 11) is 1.59. The predicted octanol–water partition coefficient (Wildman–Crippen LogP) is 1.35. The van der Waals surface area contributed by atoms with Crippen LogP contribution >= 0.6 is 0 Å². The summed E-state index contributed by atoms with van der Waals surface area (Å²) in [6.45, 7) is 0.666. The Kier molecular flexibility index (Phi) is 5.12. The molecule has 0 bridgehead atoms. The van der Waals surface area contributed by atoms with Crippen molar-refractivity contribution in [2.45, 2.75) is 19.0 Å². The third-order valence-electron chi connectivity index (χ3n) is 2.91. The van der Waals surface area contributed by atoms with Gasteiger partial charge >= 0.3 is 0 Å². The number of aryl methyl sites for hydroxylation is 1. The van der Waals surface area contributed by atoms with Crippen molar-refractivity contribution in [2.24, 2.45) is 0 Å². The van der Waals surface area contributed by atoms with Crippen molar-refractivity contribution < 1.29 is 9.84 Å². The van der Waals surface area contributed by atoms with E-state index in [1.165, 1.54) is 0 Å². The van der Waals surface area contributed by atoms with E-state index >= 15 is 0 Å². The largest absolute Gasteiger partial charge is 0.497 e. The first-order chi connectivity index (χ1) is 10.3. The van der Waals surface area contributed by atoms with E-state index in [2.05, 4.69) is 21.7 Å². The van der Waals surface area contributed by atoms with Crippen LogP contribution in [0.5, 0.6) is 5.75 Å². The number of hydrogen-bond acceptors (Lipinski definition) is 6. The Morgan fingerprint density at radius 3 is 3.10 bits per heavy atom. The molecule has 0 aliphatic carbocycles. The molecule has 2 rings (SSSR count). The molecule has 0 amide bonds. The van der Waals surface area contributed by atoms with Crippen molar-refractivity contribution in [3.05, 3.63) is 36.2 Å². The number of methoxy groups -OCH3 is 1. The van der Waals surface area contributed by atoms with Crippen LogP contribution in [-0.4, -0.2) is 33.8 Å². The molecule has 1 unspecified atom stereocenters. The molecule has 0 fully saturated rings. The Labute approximate surface area is 122 Å². The summed E-state index contributed by atoms with van der Waals surface area (Å²) < 4.78 is 6.76. The molecule has 0 radical (unpaired) electrons. The van der Waals surface area contributed by atoms with Gasteiger partial charge in [-0.1, -0.05) is 11.3 Å². The van der Waals surface area contributed by atoms with Gasteiger partial charge in [0, 0.05) is 24.9 Å². The number of anilines is 1. The minimum atomic E-state index is -0.597. The van der Waals surface area contributed by atoms with Crippen LogP contribution in [-0.2, 0) is 6.54 Å². The second kappa shape index (κ2) is 7.26. The standard InChI is InChI=1S/C14H17N5O2/c1-21-12-5-2-4-11(8-12)16-13(9-15)14-10-19(18-17-14)6-3-7-20/h2,4-5,8,10,13,16,20H,3,6-7H2,1H3. The third-order valence-corrected chi connectivity index (χ3v) is 2.91. The summed E-state index contributed by atoms with van der Waals surface area (Å²) in [5.74, 6) is 0.711. The van der Waals surface area contributed by atoms with Gasteiger partial charge < -0.3 is 15.2 Å². The molecule has 21 heavy (non-hydrogen) atoms. The van der Waals surface area contributed by atoms with E-state index in [4.69, 9.17) is 9.84 Å². The number of nitrogens with one attached hydrogen (secondary N) is 1. The van der Waals surface area contributed by atoms with Gasteiger partial charge in [-0.15, -0.1) is 5.10 Å². The molecule has 0 saturated heterocycles. The fraction of sp³-hybridized carbons (Fsp3) is 0.357. The number of ether oxygens (including phenoxy) is 1. The van der Waals surface area contributed by atoms with Gasteiger partial charge in [0.15, 0.2) is 6.04 Å². The van der Waals surface area contributed by atoms with Crippen LogP contribution in [0.2, 0.25) is 0 Å². The van der Waals surface area contributed by atoms with Crippen LogP contribution in [0, 0.1) is 11.3 Å². The van der Waals surface area contributed by atoms with Gasteiger partial charge in [-0.05, 0) is 18.6 Å². The normalized spacial score (nSPS) is 11.7. The fourth-order valence-corrected chi connectivity index (χ4v) is 1.84. The van der Waals surface area contributed by atoms with Crippen LogP contribution in [0.1, 0.15) is 18.2 Å². The Morgan fingerprint density at radius 1 is 1.52 bits per heavy atom. The molecule has 0 saturated carbocycles. The molecule has 0 spiro atoms. The zero-order chi connectivity index (χ0) is 15.1. The SMILES string of the molecule is COc1cccc(NC(C#N)c2cn(CCCO)nn2)c1. The van der Waals surface area contributed by atoms with Gasteiger partial charge in [0.25, 0.3) is 0 Å². The predicted molar refractivity (Wildman–Crippen MR) is 76.7 cm³/mol. The topological polar surface area (TPSA) is 96.0 Å². The number of benzene rings is 1. The zero-order valence-corrected chi connectivity index (χ0v) is 11.7. The number of aliphatic hydroxyl groups is 1. The monoisotopic (exact) mass is 287 g/mol. The van der Waals surface area contributed by atoms with E-state index in [9.17, 15) is 5.26 Å². The van der Waals surface area contributed by atoms with Gasteiger partial charge in [0.05, 0.1) is 19.4 Å². The first kappa shape index (κ1) is 14.8. The quantitative estimate of drug-likeness (QED) is 0.798. The summed E-state index contributed by atoms with van der Waals surface area (Å²) in [4.78, 5) is 0. The maximum Gasteiger partial charge on any atom is 0.160 e. The van der Waals surface area contributed by atoms with Crippen LogP contribution in [0.25, 0.3) is 0 Å². The maximum absolute atomic E-state index is 9.29. The Bertz CT molecular complexity index is 620. The highest BCUT2D eigenvalue weighted by Gasteiger charge is 2.14. The van der Waals surface area contributed by atoms with Gasteiger partial charge in [0.1, 0.15) is 11.4 Å². The summed E-state index contributed by atoms with van der Waals surface area (Å²) in [6, 6.07) is 8.89. The van der Waals surface area contributed by atoms with E-state index in [-0.39, 0.29) is 6.61 Å². The van der Waals surface area contributed by atoms with Crippen LogP contribution < -0.4 is 10.1 Å². The molecule has 0 aliphatic heterocycles. The number of aliphatic hydroxyl groups excluding tert-OH is 1. The highest BCUT2D eigenvalue weighted by Crippen LogP contribution is 2.21. The Morgan fingerprint density at radius 2 is 2.38 bits per heavy atom.